The number of benzene rings is 1. The summed E-state index contributed by atoms with van der Waals surface area (Å²) in [7, 11) is 1.88. The van der Waals surface area contributed by atoms with Gasteiger partial charge in [-0.15, -0.1) is 0 Å². The van der Waals surface area contributed by atoms with Crippen LogP contribution in [0.3, 0.4) is 0 Å². The Balaban J connectivity index is 1.85. The number of nitrogens with one attached hydrogen (secondary N) is 1. The summed E-state index contributed by atoms with van der Waals surface area (Å²) in [6.07, 6.45) is 7.63. The fourth-order valence-electron chi connectivity index (χ4n) is 2.37. The zero-order chi connectivity index (χ0) is 15.4. The van der Waals surface area contributed by atoms with Crippen LogP contribution in [0.1, 0.15) is 18.9 Å². The van der Waals surface area contributed by atoms with Crippen LogP contribution in [0.2, 0.25) is 0 Å². The van der Waals surface area contributed by atoms with E-state index in [2.05, 4.69) is 51.6 Å². The highest BCUT2D eigenvalue weighted by atomic mass is 15.3. The Morgan fingerprint density at radius 2 is 2.14 bits per heavy atom. The molecule has 2 heterocycles. The second kappa shape index (κ2) is 6.39. The Morgan fingerprint density at radius 1 is 1.23 bits per heavy atom. The van der Waals surface area contributed by atoms with Crippen molar-refractivity contribution in [3.05, 3.63) is 54.5 Å². The standard InChI is InChI=1S/C17H19N5/c1-3-5-13-6-4-7-14(10-13)16-8-9-18-17(21-16)20-15-11-19-22(2)12-15/h4,6-12H,3,5H2,1-2H3,(H,18,20,21). The smallest absolute Gasteiger partial charge is 0.227 e. The van der Waals surface area contributed by atoms with E-state index in [0.717, 1.165) is 29.8 Å². The molecule has 0 saturated heterocycles. The third kappa shape index (κ3) is 3.31. The van der Waals surface area contributed by atoms with Gasteiger partial charge in [-0.1, -0.05) is 31.5 Å². The van der Waals surface area contributed by atoms with Gasteiger partial charge in [-0.2, -0.15) is 5.10 Å². The Labute approximate surface area is 130 Å². The normalized spacial score (nSPS) is 10.6. The summed E-state index contributed by atoms with van der Waals surface area (Å²) in [6, 6.07) is 10.4. The number of anilines is 2. The van der Waals surface area contributed by atoms with Crippen molar-refractivity contribution in [3.8, 4) is 11.3 Å². The van der Waals surface area contributed by atoms with Gasteiger partial charge in [-0.25, -0.2) is 9.97 Å². The molecule has 0 fully saturated rings. The van der Waals surface area contributed by atoms with Gasteiger partial charge in [0.25, 0.3) is 0 Å². The molecular formula is C17H19N5. The van der Waals surface area contributed by atoms with E-state index < -0.39 is 0 Å². The summed E-state index contributed by atoms with van der Waals surface area (Å²) in [5.41, 5.74) is 4.24. The predicted molar refractivity (Wildman–Crippen MR) is 88.0 cm³/mol. The molecule has 0 aliphatic heterocycles. The minimum atomic E-state index is 0.575. The van der Waals surface area contributed by atoms with Crippen LogP contribution in [0, 0.1) is 0 Å². The molecule has 22 heavy (non-hydrogen) atoms. The third-order valence-electron chi connectivity index (χ3n) is 3.38. The zero-order valence-corrected chi connectivity index (χ0v) is 12.8. The number of rotatable bonds is 5. The fraction of sp³-hybridized carbons (Fsp3) is 0.235. The van der Waals surface area contributed by atoms with Crippen LogP contribution in [-0.4, -0.2) is 19.7 Å². The van der Waals surface area contributed by atoms with E-state index in [0.29, 0.717) is 5.95 Å². The molecule has 1 aromatic carbocycles. The molecular weight excluding hydrogens is 274 g/mol. The molecule has 3 aromatic rings. The predicted octanol–water partition coefficient (Wildman–Crippen LogP) is 3.57. The molecule has 5 heteroatoms. The summed E-state index contributed by atoms with van der Waals surface area (Å²) >= 11 is 0. The number of hydrogen-bond donors (Lipinski definition) is 1. The first kappa shape index (κ1) is 14.3. The minimum absolute atomic E-state index is 0.575. The number of nitrogens with zero attached hydrogens (tertiary/aromatic N) is 4. The van der Waals surface area contributed by atoms with E-state index in [1.54, 1.807) is 17.1 Å². The SMILES string of the molecule is CCCc1cccc(-c2ccnc(Nc3cnn(C)c3)n2)c1. The molecule has 5 nitrogen and oxygen atoms in total. The van der Waals surface area contributed by atoms with Gasteiger partial charge in [0.1, 0.15) is 0 Å². The number of aryl methyl sites for hydroxylation is 2. The quantitative estimate of drug-likeness (QED) is 0.781. The lowest BCUT2D eigenvalue weighted by Crippen LogP contribution is -1.97. The van der Waals surface area contributed by atoms with Crippen molar-refractivity contribution >= 4 is 11.6 Å². The average molecular weight is 293 g/mol. The lowest BCUT2D eigenvalue weighted by molar-refractivity contribution is 0.768. The molecule has 0 unspecified atom stereocenters. The first-order valence-electron chi connectivity index (χ1n) is 7.42. The molecule has 0 aliphatic rings. The summed E-state index contributed by atoms with van der Waals surface area (Å²) < 4.78 is 1.74. The number of aromatic nitrogens is 4. The molecule has 0 saturated carbocycles. The fourth-order valence-corrected chi connectivity index (χ4v) is 2.37. The third-order valence-corrected chi connectivity index (χ3v) is 3.38. The van der Waals surface area contributed by atoms with E-state index >= 15 is 0 Å². The average Bonchev–Trinajstić information content (AvgIpc) is 2.93. The molecule has 2 aromatic heterocycles. The highest BCUT2D eigenvalue weighted by Crippen LogP contribution is 2.21. The van der Waals surface area contributed by atoms with Crippen LogP contribution in [-0.2, 0) is 13.5 Å². The largest absolute Gasteiger partial charge is 0.321 e. The lowest BCUT2D eigenvalue weighted by Gasteiger charge is -2.06. The molecule has 0 atom stereocenters. The van der Waals surface area contributed by atoms with Gasteiger partial charge in [0.05, 0.1) is 17.6 Å². The Hall–Kier alpha value is -2.69. The van der Waals surface area contributed by atoms with Crippen LogP contribution >= 0.6 is 0 Å². The van der Waals surface area contributed by atoms with Crippen LogP contribution in [0.4, 0.5) is 11.6 Å². The minimum Gasteiger partial charge on any atom is -0.321 e. The van der Waals surface area contributed by atoms with Crippen molar-refractivity contribution < 1.29 is 0 Å². The lowest BCUT2D eigenvalue weighted by atomic mass is 10.0. The first-order chi connectivity index (χ1) is 10.7. The van der Waals surface area contributed by atoms with Gasteiger partial charge in [-0.3, -0.25) is 4.68 Å². The van der Waals surface area contributed by atoms with Gasteiger partial charge in [-0.05, 0) is 24.1 Å². The summed E-state index contributed by atoms with van der Waals surface area (Å²) in [5.74, 6) is 0.575. The number of hydrogen-bond acceptors (Lipinski definition) is 4. The maximum Gasteiger partial charge on any atom is 0.227 e. The highest BCUT2D eigenvalue weighted by molar-refractivity contribution is 5.62. The van der Waals surface area contributed by atoms with Crippen LogP contribution in [0.25, 0.3) is 11.3 Å². The second-order valence-electron chi connectivity index (χ2n) is 5.24. The van der Waals surface area contributed by atoms with E-state index in [4.69, 9.17) is 0 Å². The zero-order valence-electron chi connectivity index (χ0n) is 12.8. The Kier molecular flexibility index (Phi) is 4.14. The van der Waals surface area contributed by atoms with E-state index in [1.807, 2.05) is 19.3 Å². The van der Waals surface area contributed by atoms with E-state index in [1.165, 1.54) is 5.56 Å². The maximum absolute atomic E-state index is 4.59. The van der Waals surface area contributed by atoms with Crippen molar-refractivity contribution in [3.63, 3.8) is 0 Å². The Morgan fingerprint density at radius 3 is 2.91 bits per heavy atom. The molecule has 0 amide bonds. The maximum atomic E-state index is 4.59. The van der Waals surface area contributed by atoms with Gasteiger partial charge in [0.2, 0.25) is 5.95 Å². The molecule has 0 radical (unpaired) electrons. The monoisotopic (exact) mass is 293 g/mol. The molecule has 0 bridgehead atoms. The molecule has 3 rings (SSSR count). The molecule has 1 N–H and O–H groups in total. The van der Waals surface area contributed by atoms with E-state index in [-0.39, 0.29) is 0 Å². The summed E-state index contributed by atoms with van der Waals surface area (Å²) in [4.78, 5) is 8.86. The van der Waals surface area contributed by atoms with Gasteiger partial charge >= 0.3 is 0 Å². The topological polar surface area (TPSA) is 55.6 Å². The molecule has 0 spiro atoms. The van der Waals surface area contributed by atoms with Gasteiger partial charge in [0, 0.05) is 25.0 Å². The van der Waals surface area contributed by atoms with Gasteiger partial charge < -0.3 is 5.32 Å². The van der Waals surface area contributed by atoms with Crippen molar-refractivity contribution in [2.45, 2.75) is 19.8 Å². The molecule has 112 valence electrons. The van der Waals surface area contributed by atoms with Crippen LogP contribution in [0.15, 0.2) is 48.9 Å². The van der Waals surface area contributed by atoms with Crippen molar-refractivity contribution in [1.82, 2.24) is 19.7 Å². The second-order valence-corrected chi connectivity index (χ2v) is 5.24. The van der Waals surface area contributed by atoms with Crippen molar-refractivity contribution in [2.75, 3.05) is 5.32 Å². The molecule has 0 aliphatic carbocycles. The first-order valence-corrected chi connectivity index (χ1v) is 7.42. The van der Waals surface area contributed by atoms with Crippen LogP contribution < -0.4 is 5.32 Å². The van der Waals surface area contributed by atoms with Gasteiger partial charge in [0.15, 0.2) is 0 Å². The highest BCUT2D eigenvalue weighted by Gasteiger charge is 2.04. The van der Waals surface area contributed by atoms with Crippen molar-refractivity contribution in [1.29, 1.82) is 0 Å². The summed E-state index contributed by atoms with van der Waals surface area (Å²) in [5, 5.41) is 7.29. The van der Waals surface area contributed by atoms with Crippen LogP contribution in [0.5, 0.6) is 0 Å². The van der Waals surface area contributed by atoms with Crippen molar-refractivity contribution in [2.24, 2.45) is 7.05 Å². The summed E-state index contributed by atoms with van der Waals surface area (Å²) in [6.45, 7) is 2.19. The van der Waals surface area contributed by atoms with E-state index in [9.17, 15) is 0 Å². The Bertz CT molecular complexity index is 763.